The summed E-state index contributed by atoms with van der Waals surface area (Å²) in [6, 6.07) is 0. The van der Waals surface area contributed by atoms with Crippen LogP contribution < -0.4 is 4.90 Å². The van der Waals surface area contributed by atoms with Crippen LogP contribution in [0.2, 0.25) is 0 Å². The molecule has 0 spiro atoms. The van der Waals surface area contributed by atoms with E-state index in [0.29, 0.717) is 6.10 Å². The molecule has 1 aliphatic heterocycles. The fourth-order valence-electron chi connectivity index (χ4n) is 3.13. The Balaban J connectivity index is 1.72. The normalized spacial score (nSPS) is 27.2. The Morgan fingerprint density at radius 1 is 1.30 bits per heavy atom. The number of ether oxygens (including phenoxy) is 1. The molecular formula is C15H19N3OS. The zero-order chi connectivity index (χ0) is 13.7. The number of nitrogens with zero attached hydrogens (tertiary/aromatic N) is 3. The predicted molar refractivity (Wildman–Crippen MR) is 81.4 cm³/mol. The van der Waals surface area contributed by atoms with E-state index < -0.39 is 0 Å². The smallest absolute Gasteiger partial charge is 0.141 e. The predicted octanol–water partition coefficient (Wildman–Crippen LogP) is 3.00. The van der Waals surface area contributed by atoms with Crippen LogP contribution in [-0.4, -0.2) is 35.3 Å². The molecule has 5 heteroatoms. The summed E-state index contributed by atoms with van der Waals surface area (Å²) >= 11 is 1.70. The number of morpholine rings is 1. The number of rotatable bonds is 2. The van der Waals surface area contributed by atoms with Crippen LogP contribution in [0, 0.1) is 12.8 Å². The average molecular weight is 289 g/mol. The number of anilines is 1. The monoisotopic (exact) mass is 289 g/mol. The summed E-state index contributed by atoms with van der Waals surface area (Å²) in [5, 5.41) is 3.40. The molecule has 2 fully saturated rings. The van der Waals surface area contributed by atoms with Crippen molar-refractivity contribution in [3.05, 3.63) is 17.3 Å². The summed E-state index contributed by atoms with van der Waals surface area (Å²) in [5.41, 5.74) is 1.28. The Morgan fingerprint density at radius 2 is 2.15 bits per heavy atom. The van der Waals surface area contributed by atoms with Gasteiger partial charge in [0.2, 0.25) is 0 Å². The highest BCUT2D eigenvalue weighted by atomic mass is 32.1. The lowest BCUT2D eigenvalue weighted by molar-refractivity contribution is -0.0272. The third-order valence-corrected chi connectivity index (χ3v) is 5.27. The number of hydrogen-bond acceptors (Lipinski definition) is 5. The minimum absolute atomic E-state index is 0.276. The van der Waals surface area contributed by atoms with Gasteiger partial charge in [-0.2, -0.15) is 0 Å². The highest BCUT2D eigenvalue weighted by Gasteiger charge is 2.38. The first-order chi connectivity index (χ1) is 9.72. The lowest BCUT2D eigenvalue weighted by Gasteiger charge is -2.38. The summed E-state index contributed by atoms with van der Waals surface area (Å²) in [5.74, 6) is 1.86. The molecule has 0 amide bonds. The number of aromatic nitrogens is 2. The Hall–Kier alpha value is -1.20. The molecule has 0 radical (unpaired) electrons. The van der Waals surface area contributed by atoms with Crippen LogP contribution >= 0.6 is 11.3 Å². The molecule has 106 valence electrons. The zero-order valence-corrected chi connectivity index (χ0v) is 12.7. The Morgan fingerprint density at radius 3 is 2.95 bits per heavy atom. The Bertz CT molecular complexity index is 637. The van der Waals surface area contributed by atoms with E-state index in [0.717, 1.165) is 29.7 Å². The van der Waals surface area contributed by atoms with Crippen LogP contribution in [0.3, 0.4) is 0 Å². The fourth-order valence-corrected chi connectivity index (χ4v) is 4.01. The fraction of sp³-hybridized carbons (Fsp3) is 0.600. The number of aryl methyl sites for hydroxylation is 1. The van der Waals surface area contributed by atoms with E-state index in [-0.39, 0.29) is 6.10 Å². The molecule has 1 saturated carbocycles. The van der Waals surface area contributed by atoms with Crippen molar-refractivity contribution < 1.29 is 4.74 Å². The number of hydrogen-bond donors (Lipinski definition) is 0. The minimum Gasteiger partial charge on any atom is -0.371 e. The van der Waals surface area contributed by atoms with Crippen molar-refractivity contribution in [3.63, 3.8) is 0 Å². The van der Waals surface area contributed by atoms with Gasteiger partial charge in [0, 0.05) is 13.1 Å². The maximum Gasteiger partial charge on any atom is 0.141 e. The molecule has 4 rings (SSSR count). The van der Waals surface area contributed by atoms with Crippen LogP contribution in [0.4, 0.5) is 5.82 Å². The maximum absolute atomic E-state index is 6.10. The Kier molecular flexibility index (Phi) is 2.93. The van der Waals surface area contributed by atoms with Crippen molar-refractivity contribution in [2.75, 3.05) is 18.0 Å². The molecule has 0 N–H and O–H groups in total. The van der Waals surface area contributed by atoms with Gasteiger partial charge in [-0.25, -0.2) is 9.97 Å². The molecule has 3 heterocycles. The van der Waals surface area contributed by atoms with Gasteiger partial charge in [-0.05, 0) is 43.6 Å². The molecule has 2 aromatic rings. The standard InChI is InChI=1S/C15H19N3OS/c1-9-7-20-15-13(9)14(16-8-17-15)18-5-10(2)19-12(6-18)11-3-4-11/h7-8,10-12H,3-6H2,1-2H3/t10-,12+/m1/s1. The molecule has 0 bridgehead atoms. The van der Waals surface area contributed by atoms with Crippen LogP contribution in [0.5, 0.6) is 0 Å². The van der Waals surface area contributed by atoms with E-state index in [1.54, 1.807) is 17.7 Å². The van der Waals surface area contributed by atoms with Gasteiger partial charge in [-0.1, -0.05) is 0 Å². The molecule has 0 unspecified atom stereocenters. The van der Waals surface area contributed by atoms with Crippen molar-refractivity contribution in [2.24, 2.45) is 5.92 Å². The van der Waals surface area contributed by atoms with Gasteiger partial charge in [-0.3, -0.25) is 0 Å². The summed E-state index contributed by atoms with van der Waals surface area (Å²) in [4.78, 5) is 12.5. The van der Waals surface area contributed by atoms with Gasteiger partial charge in [0.05, 0.1) is 17.6 Å². The third-order valence-electron chi connectivity index (χ3n) is 4.27. The van der Waals surface area contributed by atoms with Crippen molar-refractivity contribution in [1.29, 1.82) is 0 Å². The topological polar surface area (TPSA) is 38.2 Å². The second-order valence-electron chi connectivity index (χ2n) is 6.02. The molecule has 4 nitrogen and oxygen atoms in total. The summed E-state index contributed by atoms with van der Waals surface area (Å²) in [7, 11) is 0. The van der Waals surface area contributed by atoms with Gasteiger partial charge in [0.15, 0.2) is 0 Å². The summed E-state index contributed by atoms with van der Waals surface area (Å²) < 4.78 is 6.10. The molecule has 1 saturated heterocycles. The lowest BCUT2D eigenvalue weighted by Crippen LogP contribution is -2.48. The van der Waals surface area contributed by atoms with Crippen LogP contribution in [0.1, 0.15) is 25.3 Å². The van der Waals surface area contributed by atoms with Gasteiger partial charge < -0.3 is 9.64 Å². The highest BCUT2D eigenvalue weighted by Crippen LogP contribution is 2.38. The molecule has 2 atom stereocenters. The molecule has 0 aromatic carbocycles. The van der Waals surface area contributed by atoms with Crippen LogP contribution in [0.25, 0.3) is 10.2 Å². The van der Waals surface area contributed by atoms with Crippen LogP contribution in [0.15, 0.2) is 11.7 Å². The third kappa shape index (κ3) is 2.09. The second-order valence-corrected chi connectivity index (χ2v) is 6.88. The van der Waals surface area contributed by atoms with E-state index in [2.05, 4.69) is 34.1 Å². The van der Waals surface area contributed by atoms with Crippen molar-refractivity contribution >= 4 is 27.4 Å². The lowest BCUT2D eigenvalue weighted by atomic mass is 10.1. The van der Waals surface area contributed by atoms with Gasteiger partial charge in [0.1, 0.15) is 17.0 Å². The SMILES string of the molecule is Cc1csc2ncnc(N3C[C@@H](C)O[C@H](C4CC4)C3)c12. The molecule has 20 heavy (non-hydrogen) atoms. The average Bonchev–Trinajstić information content (AvgIpc) is 3.23. The second kappa shape index (κ2) is 4.67. The maximum atomic E-state index is 6.10. The molecule has 1 aliphatic carbocycles. The van der Waals surface area contributed by atoms with E-state index in [1.807, 2.05) is 0 Å². The zero-order valence-electron chi connectivity index (χ0n) is 11.9. The molecule has 2 aliphatic rings. The summed E-state index contributed by atoms with van der Waals surface area (Å²) in [6.45, 7) is 6.20. The minimum atomic E-state index is 0.276. The Labute approximate surface area is 122 Å². The van der Waals surface area contributed by atoms with Gasteiger partial charge in [0.25, 0.3) is 0 Å². The summed E-state index contributed by atoms with van der Waals surface area (Å²) in [6.07, 6.45) is 4.99. The first-order valence-electron chi connectivity index (χ1n) is 7.31. The first-order valence-corrected chi connectivity index (χ1v) is 8.19. The first kappa shape index (κ1) is 12.5. The van der Waals surface area contributed by atoms with Crippen LogP contribution in [-0.2, 0) is 4.74 Å². The molecule has 2 aromatic heterocycles. The highest BCUT2D eigenvalue weighted by molar-refractivity contribution is 7.17. The van der Waals surface area contributed by atoms with E-state index in [9.17, 15) is 0 Å². The van der Waals surface area contributed by atoms with E-state index in [1.165, 1.54) is 23.8 Å². The quantitative estimate of drug-likeness (QED) is 0.852. The van der Waals surface area contributed by atoms with Crippen molar-refractivity contribution in [3.8, 4) is 0 Å². The largest absolute Gasteiger partial charge is 0.371 e. The van der Waals surface area contributed by atoms with Crippen molar-refractivity contribution in [1.82, 2.24) is 9.97 Å². The van der Waals surface area contributed by atoms with E-state index >= 15 is 0 Å². The molecular weight excluding hydrogens is 270 g/mol. The van der Waals surface area contributed by atoms with Gasteiger partial charge in [-0.15, -0.1) is 11.3 Å². The number of fused-ring (bicyclic) bond motifs is 1. The number of thiophene rings is 1. The van der Waals surface area contributed by atoms with Crippen molar-refractivity contribution in [2.45, 2.75) is 38.9 Å². The van der Waals surface area contributed by atoms with E-state index in [4.69, 9.17) is 4.74 Å². The van der Waals surface area contributed by atoms with Gasteiger partial charge >= 0.3 is 0 Å².